The Morgan fingerprint density at radius 2 is 0.800 bits per heavy atom. The van der Waals surface area contributed by atoms with E-state index in [1.54, 1.807) is 0 Å². The molecule has 0 aliphatic heterocycles. The van der Waals surface area contributed by atoms with Crippen molar-refractivity contribution in [3.63, 3.8) is 0 Å². The minimum atomic E-state index is -6.25. The van der Waals surface area contributed by atoms with Crippen LogP contribution in [0.3, 0.4) is 0 Å². The summed E-state index contributed by atoms with van der Waals surface area (Å²) in [6, 6.07) is 0. The molecule has 0 spiro atoms. The zero-order valence-electron chi connectivity index (χ0n) is 1.83. The van der Waals surface area contributed by atoms with E-state index in [1.165, 1.54) is 0 Å². The predicted octanol–water partition coefficient (Wildman–Crippen LogP) is 1.68. The van der Waals surface area contributed by atoms with Crippen molar-refractivity contribution in [3.8, 4) is 0 Å². The molecule has 0 unspecified atom stereocenters. The first kappa shape index (κ1) is 5.21. The van der Waals surface area contributed by atoms with Gasteiger partial charge in [0.25, 0.3) is 0 Å². The van der Waals surface area contributed by atoms with Gasteiger partial charge in [-0.15, -0.1) is 0 Å². The molecule has 0 amide bonds. The van der Waals surface area contributed by atoms with Crippen molar-refractivity contribution in [2.75, 3.05) is 0 Å². The van der Waals surface area contributed by atoms with Crippen LogP contribution in [0.4, 0.5) is 14.4 Å². The molecule has 0 bridgehead atoms. The molecule has 5 heteroatoms. The second-order valence-electron chi connectivity index (χ2n) is 0.271. The molecule has 0 radical (unpaired) electrons. The van der Waals surface area contributed by atoms with E-state index in [-0.39, 0.29) is 0 Å². The average molecular weight is 135 g/mol. The second kappa shape index (κ2) is 1.13. The summed E-state index contributed by atoms with van der Waals surface area (Å²) < 4.78 is 39.1. The van der Waals surface area contributed by atoms with Gasteiger partial charge in [-0.1, -0.05) is 0 Å². The fraction of sp³-hybridized carbons (Fsp3) is 0. The molecule has 0 aromatic carbocycles. The first-order valence-electron chi connectivity index (χ1n) is 0.478. The van der Waals surface area contributed by atoms with E-state index >= 15 is 0 Å². The van der Waals surface area contributed by atoms with Crippen molar-refractivity contribution in [2.45, 2.75) is 0 Å². The van der Waals surface area contributed by atoms with Crippen molar-refractivity contribution in [1.29, 1.82) is 0 Å². The first-order valence-corrected chi connectivity index (χ1v) is 1.97. The van der Waals surface area contributed by atoms with Crippen LogP contribution in [0.5, 0.6) is 0 Å². The van der Waals surface area contributed by atoms with E-state index in [0.717, 1.165) is 0 Å². The van der Waals surface area contributed by atoms with Crippen molar-refractivity contribution < 1.29 is 28.6 Å². The zero-order valence-corrected chi connectivity index (χ0v) is 2.82. The maximum absolute atomic E-state index is 9.78. The summed E-state index contributed by atoms with van der Waals surface area (Å²) in [7, 11) is 0. The van der Waals surface area contributed by atoms with E-state index in [1.807, 2.05) is 0 Å². The molecule has 0 aromatic heterocycles. The number of halogens is 4. The zero-order chi connectivity index (χ0) is 4.50. The Bertz CT molecular complexity index is 19.1. The first-order chi connectivity index (χ1) is 2.00. The monoisotopic (exact) mass is 134 g/mol. The Hall–Kier alpha value is 0.214. The van der Waals surface area contributed by atoms with Crippen LogP contribution in [0.25, 0.3) is 0 Å². The van der Waals surface area contributed by atoms with Gasteiger partial charge in [0.2, 0.25) is 0 Å². The van der Waals surface area contributed by atoms with Crippen LogP contribution in [0.1, 0.15) is 0 Å². The molecule has 0 aromatic rings. The Labute approximate surface area is 29.6 Å². The molecule has 0 fully saturated rings. The van der Waals surface area contributed by atoms with E-state index in [0.29, 0.717) is 0 Å². The topological polar surface area (TPSA) is 0 Å². The summed E-state index contributed by atoms with van der Waals surface area (Å²) in [6.45, 7) is 0. The van der Waals surface area contributed by atoms with Gasteiger partial charge in [0, 0.05) is 0 Å². The van der Waals surface area contributed by atoms with Gasteiger partial charge in [0.15, 0.2) is 0 Å². The van der Waals surface area contributed by atoms with Crippen LogP contribution in [0.15, 0.2) is 0 Å². The van der Waals surface area contributed by atoms with Gasteiger partial charge in [0.1, 0.15) is 0 Å². The van der Waals surface area contributed by atoms with Gasteiger partial charge in [0.05, 0.1) is 0 Å². The van der Waals surface area contributed by atoms with E-state index in [4.69, 9.17) is 0 Å². The van der Waals surface area contributed by atoms with Gasteiger partial charge in [-0.05, 0) is 0 Å². The molecule has 0 saturated carbocycles. The van der Waals surface area contributed by atoms with Gasteiger partial charge in [-0.3, -0.25) is 0 Å². The van der Waals surface area contributed by atoms with Crippen LogP contribution in [-0.2, 0) is 14.2 Å². The maximum atomic E-state index is 9.78. The van der Waals surface area contributed by atoms with Crippen LogP contribution >= 0.6 is 0 Å². The van der Waals surface area contributed by atoms with Crippen LogP contribution in [0, 0.1) is 0 Å². The fourth-order valence-corrected chi connectivity index (χ4v) is 0. The summed E-state index contributed by atoms with van der Waals surface area (Å²) in [6.07, 6.45) is 0. The molecule has 0 N–H and O–H groups in total. The molecule has 38 valence electrons. The number of hydrogen-bond donors (Lipinski definition) is 0. The Kier molecular flexibility index (Phi) is 1.18. The Balaban J connectivity index is 3.02. The summed E-state index contributed by atoms with van der Waals surface area (Å²) in [5.41, 5.74) is 0. The quantitative estimate of drug-likeness (QED) is 0.350. The molecular formula is F4Ni. The third-order valence-corrected chi connectivity index (χ3v) is 0. The van der Waals surface area contributed by atoms with Crippen molar-refractivity contribution >= 4 is 0 Å². The van der Waals surface area contributed by atoms with E-state index in [2.05, 4.69) is 0 Å². The van der Waals surface area contributed by atoms with Crippen LogP contribution in [-0.4, -0.2) is 0 Å². The molecular weight excluding hydrogens is 135 g/mol. The molecule has 0 nitrogen and oxygen atoms in total. The molecule has 0 saturated heterocycles. The summed E-state index contributed by atoms with van der Waals surface area (Å²) in [5.74, 6) is 0. The Morgan fingerprint density at radius 3 is 0.800 bits per heavy atom. The van der Waals surface area contributed by atoms with Gasteiger partial charge in [-0.2, -0.15) is 0 Å². The Morgan fingerprint density at radius 1 is 0.800 bits per heavy atom. The molecule has 0 rings (SSSR count). The van der Waals surface area contributed by atoms with Crippen molar-refractivity contribution in [3.05, 3.63) is 0 Å². The van der Waals surface area contributed by atoms with Crippen molar-refractivity contribution in [2.24, 2.45) is 0 Å². The number of hydrogen-bond acceptors (Lipinski definition) is 0. The SMILES string of the molecule is [F][Ni]([F])([F])[F]. The van der Waals surface area contributed by atoms with Gasteiger partial charge >= 0.3 is 28.6 Å². The van der Waals surface area contributed by atoms with Crippen molar-refractivity contribution in [1.82, 2.24) is 0 Å². The standard InChI is InChI=1S/4FH.Ni/h4*1H;/q;;;;+4/p-4. The van der Waals surface area contributed by atoms with Gasteiger partial charge < -0.3 is 0 Å². The average Bonchev–Trinajstić information content (AvgIpc) is 0.722. The molecule has 0 aliphatic carbocycles. The second-order valence-corrected chi connectivity index (χ2v) is 1.12. The van der Waals surface area contributed by atoms with E-state index in [9.17, 15) is 14.4 Å². The third kappa shape index (κ3) is 453. The minimum absolute atomic E-state index is 6.25. The van der Waals surface area contributed by atoms with Crippen LogP contribution in [0.2, 0.25) is 0 Å². The summed E-state index contributed by atoms with van der Waals surface area (Å²) >= 11 is -6.25. The normalized spacial score (nSPS) is 15.2. The third-order valence-electron chi connectivity index (χ3n) is 0. The molecule has 0 heterocycles. The van der Waals surface area contributed by atoms with Crippen LogP contribution < -0.4 is 0 Å². The molecule has 0 atom stereocenters. The summed E-state index contributed by atoms with van der Waals surface area (Å²) in [4.78, 5) is 0. The predicted molar refractivity (Wildman–Crippen MR) is 4.43 cm³/mol. The van der Waals surface area contributed by atoms with E-state index < -0.39 is 14.2 Å². The number of rotatable bonds is 0. The molecule has 5 heavy (non-hydrogen) atoms. The molecule has 0 aliphatic rings. The van der Waals surface area contributed by atoms with Gasteiger partial charge in [-0.25, -0.2) is 0 Å². The summed E-state index contributed by atoms with van der Waals surface area (Å²) in [5, 5.41) is 0. The fourth-order valence-electron chi connectivity index (χ4n) is 0.